The zero-order chi connectivity index (χ0) is 13.9. The highest BCUT2D eigenvalue weighted by molar-refractivity contribution is 5.81. The van der Waals surface area contributed by atoms with Gasteiger partial charge in [0.2, 0.25) is 0 Å². The molecule has 3 aliphatic rings. The minimum Gasteiger partial charge on any atom is -0.379 e. The van der Waals surface area contributed by atoms with Crippen LogP contribution in [-0.4, -0.2) is 79.9 Å². The third-order valence-electron chi connectivity index (χ3n) is 4.68. The number of likely N-dealkylation sites (tertiary alicyclic amines) is 1. The first kappa shape index (κ1) is 14.3. The van der Waals surface area contributed by atoms with Gasteiger partial charge in [0.1, 0.15) is 6.10 Å². The predicted octanol–water partition coefficient (Wildman–Crippen LogP) is -0.574. The number of rotatable bonds is 3. The van der Waals surface area contributed by atoms with Crippen molar-refractivity contribution < 1.29 is 14.3 Å². The summed E-state index contributed by atoms with van der Waals surface area (Å²) in [4.78, 5) is 16.9. The number of hydrogen-bond acceptors (Lipinski definition) is 5. The number of carbonyl (C=O) groups excluding carboxylic acids is 1. The zero-order valence-corrected chi connectivity index (χ0v) is 12.0. The maximum absolute atomic E-state index is 12.5. The van der Waals surface area contributed by atoms with Crippen LogP contribution in [0.25, 0.3) is 0 Å². The number of hydrogen-bond donors (Lipinski definition) is 1. The minimum atomic E-state index is -0.257. The zero-order valence-electron chi connectivity index (χ0n) is 12.0. The first-order valence-electron chi connectivity index (χ1n) is 7.74. The average molecular weight is 283 g/mol. The van der Waals surface area contributed by atoms with Gasteiger partial charge in [0, 0.05) is 38.8 Å². The summed E-state index contributed by atoms with van der Waals surface area (Å²) in [6.07, 6.45) is 2.61. The van der Waals surface area contributed by atoms with E-state index < -0.39 is 0 Å². The van der Waals surface area contributed by atoms with Gasteiger partial charge in [-0.2, -0.15) is 0 Å². The molecule has 2 N–H and O–H groups in total. The van der Waals surface area contributed by atoms with Crippen LogP contribution >= 0.6 is 0 Å². The van der Waals surface area contributed by atoms with E-state index in [1.807, 2.05) is 4.90 Å². The summed E-state index contributed by atoms with van der Waals surface area (Å²) in [5, 5.41) is 0. The lowest BCUT2D eigenvalue weighted by Gasteiger charge is -2.32. The van der Waals surface area contributed by atoms with Crippen LogP contribution in [0.3, 0.4) is 0 Å². The van der Waals surface area contributed by atoms with Gasteiger partial charge >= 0.3 is 0 Å². The van der Waals surface area contributed by atoms with Crippen LogP contribution in [0.1, 0.15) is 19.3 Å². The van der Waals surface area contributed by atoms with Crippen LogP contribution in [0.15, 0.2) is 0 Å². The third-order valence-corrected chi connectivity index (χ3v) is 4.68. The number of carbonyl (C=O) groups is 1. The van der Waals surface area contributed by atoms with Crippen molar-refractivity contribution in [2.45, 2.75) is 37.5 Å². The molecule has 0 aromatic rings. The molecule has 3 fully saturated rings. The van der Waals surface area contributed by atoms with Gasteiger partial charge in [0.15, 0.2) is 0 Å². The Labute approximate surface area is 120 Å². The SMILES string of the molecule is NCC1CCC(C(=O)N2CCC(N3CCOCC3)C2)O1. The quantitative estimate of drug-likeness (QED) is 0.751. The summed E-state index contributed by atoms with van der Waals surface area (Å²) >= 11 is 0. The highest BCUT2D eigenvalue weighted by atomic mass is 16.5. The monoisotopic (exact) mass is 283 g/mol. The highest BCUT2D eigenvalue weighted by Crippen LogP contribution is 2.24. The van der Waals surface area contributed by atoms with Crippen LogP contribution in [0.2, 0.25) is 0 Å². The average Bonchev–Trinajstić information content (AvgIpc) is 3.17. The van der Waals surface area contributed by atoms with Crippen molar-refractivity contribution in [2.75, 3.05) is 45.9 Å². The number of morpholine rings is 1. The normalized spacial score (nSPS) is 35.6. The summed E-state index contributed by atoms with van der Waals surface area (Å²) < 4.78 is 11.1. The van der Waals surface area contributed by atoms with Crippen LogP contribution < -0.4 is 5.73 Å². The Morgan fingerprint density at radius 3 is 2.65 bits per heavy atom. The first-order valence-corrected chi connectivity index (χ1v) is 7.74. The predicted molar refractivity (Wildman–Crippen MR) is 74.3 cm³/mol. The molecule has 0 bridgehead atoms. The van der Waals surface area contributed by atoms with Crippen LogP contribution in [-0.2, 0) is 14.3 Å². The van der Waals surface area contributed by atoms with Crippen molar-refractivity contribution in [3.05, 3.63) is 0 Å². The maximum Gasteiger partial charge on any atom is 0.251 e. The lowest BCUT2D eigenvalue weighted by Crippen LogP contribution is -2.46. The van der Waals surface area contributed by atoms with E-state index in [1.165, 1.54) is 0 Å². The molecular formula is C14H25N3O3. The number of ether oxygens (including phenoxy) is 2. The molecule has 3 heterocycles. The smallest absolute Gasteiger partial charge is 0.251 e. The highest BCUT2D eigenvalue weighted by Gasteiger charge is 2.37. The molecular weight excluding hydrogens is 258 g/mol. The fourth-order valence-electron chi connectivity index (χ4n) is 3.45. The van der Waals surface area contributed by atoms with E-state index in [0.717, 1.165) is 58.7 Å². The molecule has 0 aromatic carbocycles. The van der Waals surface area contributed by atoms with Gasteiger partial charge in [-0.25, -0.2) is 0 Å². The second-order valence-electron chi connectivity index (χ2n) is 5.93. The van der Waals surface area contributed by atoms with Crippen LogP contribution in [0, 0.1) is 0 Å². The van der Waals surface area contributed by atoms with Crippen molar-refractivity contribution in [3.8, 4) is 0 Å². The van der Waals surface area contributed by atoms with E-state index in [2.05, 4.69) is 4.90 Å². The van der Waals surface area contributed by atoms with Gasteiger partial charge in [-0.05, 0) is 19.3 Å². The molecule has 0 spiro atoms. The van der Waals surface area contributed by atoms with Crippen molar-refractivity contribution in [1.29, 1.82) is 0 Å². The van der Waals surface area contributed by atoms with Crippen molar-refractivity contribution in [2.24, 2.45) is 5.73 Å². The van der Waals surface area contributed by atoms with E-state index >= 15 is 0 Å². The molecule has 1 amide bonds. The largest absolute Gasteiger partial charge is 0.379 e. The molecule has 3 unspecified atom stereocenters. The Morgan fingerprint density at radius 2 is 1.95 bits per heavy atom. The minimum absolute atomic E-state index is 0.0709. The Morgan fingerprint density at radius 1 is 1.15 bits per heavy atom. The van der Waals surface area contributed by atoms with E-state index in [1.54, 1.807) is 0 Å². The van der Waals surface area contributed by atoms with E-state index in [9.17, 15) is 4.79 Å². The molecule has 3 atom stereocenters. The second kappa shape index (κ2) is 6.39. The molecule has 114 valence electrons. The number of nitrogens with zero attached hydrogens (tertiary/aromatic N) is 2. The summed E-state index contributed by atoms with van der Waals surface area (Å²) in [5.41, 5.74) is 5.60. The molecule has 20 heavy (non-hydrogen) atoms. The van der Waals surface area contributed by atoms with E-state index in [-0.39, 0.29) is 18.1 Å². The molecule has 3 rings (SSSR count). The molecule has 6 heteroatoms. The fraction of sp³-hybridized carbons (Fsp3) is 0.929. The van der Waals surface area contributed by atoms with Crippen molar-refractivity contribution in [3.63, 3.8) is 0 Å². The summed E-state index contributed by atoms with van der Waals surface area (Å²) in [7, 11) is 0. The van der Waals surface area contributed by atoms with Crippen LogP contribution in [0.4, 0.5) is 0 Å². The molecule has 0 aliphatic carbocycles. The number of nitrogens with two attached hydrogens (primary N) is 1. The molecule has 0 radical (unpaired) electrons. The standard InChI is InChI=1S/C14H25N3O3/c15-9-12-1-2-13(20-12)14(18)17-4-3-11(10-17)16-5-7-19-8-6-16/h11-13H,1-10,15H2. The summed E-state index contributed by atoms with van der Waals surface area (Å²) in [6.45, 7) is 5.81. The van der Waals surface area contributed by atoms with Gasteiger partial charge in [-0.3, -0.25) is 9.69 Å². The maximum atomic E-state index is 12.5. The van der Waals surface area contributed by atoms with Crippen molar-refractivity contribution in [1.82, 2.24) is 9.80 Å². The van der Waals surface area contributed by atoms with Gasteiger partial charge < -0.3 is 20.1 Å². The number of amides is 1. The Balaban J connectivity index is 1.50. The molecule has 3 saturated heterocycles. The molecule has 0 saturated carbocycles. The third kappa shape index (κ3) is 2.98. The molecule has 6 nitrogen and oxygen atoms in total. The second-order valence-corrected chi connectivity index (χ2v) is 5.93. The van der Waals surface area contributed by atoms with Gasteiger partial charge in [0.25, 0.3) is 5.91 Å². The van der Waals surface area contributed by atoms with Gasteiger partial charge in [0.05, 0.1) is 19.3 Å². The summed E-state index contributed by atoms with van der Waals surface area (Å²) in [6, 6.07) is 0.495. The van der Waals surface area contributed by atoms with Crippen molar-refractivity contribution >= 4 is 5.91 Å². The molecule has 0 aromatic heterocycles. The first-order chi connectivity index (χ1) is 9.78. The Bertz CT molecular complexity index is 347. The fourth-order valence-corrected chi connectivity index (χ4v) is 3.45. The van der Waals surface area contributed by atoms with E-state index in [0.29, 0.717) is 12.6 Å². The Hall–Kier alpha value is -0.690. The lowest BCUT2D eigenvalue weighted by atomic mass is 10.2. The van der Waals surface area contributed by atoms with Gasteiger partial charge in [-0.15, -0.1) is 0 Å². The van der Waals surface area contributed by atoms with Crippen LogP contribution in [0.5, 0.6) is 0 Å². The van der Waals surface area contributed by atoms with Gasteiger partial charge in [-0.1, -0.05) is 0 Å². The summed E-state index contributed by atoms with van der Waals surface area (Å²) in [5.74, 6) is 0.164. The molecule has 3 aliphatic heterocycles. The lowest BCUT2D eigenvalue weighted by molar-refractivity contribution is -0.141. The van der Waals surface area contributed by atoms with E-state index in [4.69, 9.17) is 15.2 Å². The topological polar surface area (TPSA) is 68.0 Å². The Kier molecular flexibility index (Phi) is 4.55.